The topological polar surface area (TPSA) is 108 Å². The summed E-state index contributed by atoms with van der Waals surface area (Å²) in [7, 11) is 2.84. The van der Waals surface area contributed by atoms with Gasteiger partial charge in [-0.2, -0.15) is 0 Å². The second-order valence-corrected chi connectivity index (χ2v) is 13.5. The molecule has 240 valence electrons. The number of aromatic nitrogens is 1. The first-order chi connectivity index (χ1) is 21.2. The van der Waals surface area contributed by atoms with Gasteiger partial charge in [0.2, 0.25) is 5.91 Å². The van der Waals surface area contributed by atoms with Crippen LogP contribution >= 0.6 is 21.6 Å². The van der Waals surface area contributed by atoms with Crippen LogP contribution in [0.2, 0.25) is 0 Å². The van der Waals surface area contributed by atoms with E-state index in [0.717, 1.165) is 38.5 Å². The molecule has 0 aliphatic rings. The first kappa shape index (κ1) is 38.7. The molecular weight excluding hydrogens is 591 g/mol. The number of carbonyl (C=O) groups excluding carboxylic acids is 2. The van der Waals surface area contributed by atoms with Crippen molar-refractivity contribution in [2.24, 2.45) is 0 Å². The maximum absolute atomic E-state index is 12.3. The highest BCUT2D eigenvalue weighted by Crippen LogP contribution is 2.35. The highest BCUT2D eigenvalue weighted by molar-refractivity contribution is 8.77. The van der Waals surface area contributed by atoms with E-state index >= 15 is 0 Å². The van der Waals surface area contributed by atoms with E-state index in [1.807, 2.05) is 26.0 Å². The first-order valence-corrected chi connectivity index (χ1v) is 17.5. The van der Waals surface area contributed by atoms with Crippen molar-refractivity contribution in [3.8, 4) is 0 Å². The number of carboxylic acid groups (broad SMARTS) is 1. The van der Waals surface area contributed by atoms with Crippen molar-refractivity contribution < 1.29 is 19.5 Å². The van der Waals surface area contributed by atoms with Crippen molar-refractivity contribution in [3.63, 3.8) is 0 Å². The maximum atomic E-state index is 12.3. The number of hydrogen-bond acceptors (Lipinski definition) is 6. The van der Waals surface area contributed by atoms with Gasteiger partial charge < -0.3 is 15.7 Å². The minimum atomic E-state index is -1.07. The van der Waals surface area contributed by atoms with Gasteiger partial charge in [-0.05, 0) is 70.9 Å². The number of aliphatic carboxylic acids is 1. The van der Waals surface area contributed by atoms with Gasteiger partial charge in [-0.25, -0.2) is 4.79 Å². The average molecular weight is 640 g/mol. The van der Waals surface area contributed by atoms with Crippen molar-refractivity contribution in [3.05, 3.63) is 103 Å². The summed E-state index contributed by atoms with van der Waals surface area (Å²) in [6.45, 7) is 6.47. The van der Waals surface area contributed by atoms with E-state index in [2.05, 4.69) is 83.3 Å². The number of pyridine rings is 1. The predicted octanol–water partition coefficient (Wildman–Crippen LogP) is 8.02. The molecule has 2 amide bonds. The molecule has 0 saturated carbocycles. The summed E-state index contributed by atoms with van der Waals surface area (Å²) in [5.74, 6) is -1.35. The van der Waals surface area contributed by atoms with Crippen LogP contribution in [-0.2, 0) is 9.59 Å². The molecule has 0 saturated heterocycles. The predicted molar refractivity (Wildman–Crippen MR) is 188 cm³/mol. The molecule has 0 aromatic carbocycles. The van der Waals surface area contributed by atoms with Crippen LogP contribution in [-0.4, -0.2) is 51.0 Å². The SMILES string of the molecule is CC/C=C\C/C=C\C/C=C\C/C=C\C/C=C\C/C=C\CCC(=O)NC(CSSC(C)(C)CNC(=O)c1cccnc1)C(=O)O. The number of carboxylic acids is 1. The van der Waals surface area contributed by atoms with Gasteiger partial charge in [0, 0.05) is 35.9 Å². The summed E-state index contributed by atoms with van der Waals surface area (Å²) < 4.78 is -0.342. The zero-order valence-electron chi connectivity index (χ0n) is 26.3. The molecule has 0 aliphatic carbocycles. The molecule has 9 heteroatoms. The monoisotopic (exact) mass is 639 g/mol. The van der Waals surface area contributed by atoms with E-state index in [9.17, 15) is 19.5 Å². The molecule has 0 fully saturated rings. The molecule has 1 heterocycles. The second kappa shape index (κ2) is 25.1. The Labute approximate surface area is 271 Å². The smallest absolute Gasteiger partial charge is 0.327 e. The quantitative estimate of drug-likeness (QED) is 0.0822. The van der Waals surface area contributed by atoms with Gasteiger partial charge in [-0.3, -0.25) is 14.6 Å². The van der Waals surface area contributed by atoms with E-state index in [4.69, 9.17) is 0 Å². The molecule has 1 unspecified atom stereocenters. The lowest BCUT2D eigenvalue weighted by atomic mass is 10.2. The fourth-order valence-electron chi connectivity index (χ4n) is 3.48. The Bertz CT molecular complexity index is 1140. The van der Waals surface area contributed by atoms with Crippen molar-refractivity contribution in [2.75, 3.05) is 12.3 Å². The number of allylic oxidation sites excluding steroid dienone is 12. The number of nitrogens with zero attached hydrogens (tertiary/aromatic N) is 1. The van der Waals surface area contributed by atoms with Gasteiger partial charge in [0.1, 0.15) is 6.04 Å². The van der Waals surface area contributed by atoms with Gasteiger partial charge >= 0.3 is 5.97 Å². The Morgan fingerprint density at radius 3 is 1.93 bits per heavy atom. The van der Waals surface area contributed by atoms with Crippen LogP contribution in [0, 0.1) is 0 Å². The van der Waals surface area contributed by atoms with Gasteiger partial charge in [0.25, 0.3) is 5.91 Å². The van der Waals surface area contributed by atoms with Gasteiger partial charge in [0.05, 0.1) is 5.56 Å². The summed E-state index contributed by atoms with van der Waals surface area (Å²) in [5, 5.41) is 15.1. The van der Waals surface area contributed by atoms with Crippen molar-refractivity contribution in [1.82, 2.24) is 15.6 Å². The van der Waals surface area contributed by atoms with E-state index in [1.54, 1.807) is 18.3 Å². The zero-order valence-corrected chi connectivity index (χ0v) is 28.0. The highest BCUT2D eigenvalue weighted by atomic mass is 33.1. The lowest BCUT2D eigenvalue weighted by Gasteiger charge is -2.24. The largest absolute Gasteiger partial charge is 0.480 e. The summed E-state index contributed by atoms with van der Waals surface area (Å²) in [4.78, 5) is 40.2. The number of carbonyl (C=O) groups is 3. The van der Waals surface area contributed by atoms with Crippen LogP contribution in [0.1, 0.15) is 82.5 Å². The molecule has 1 atom stereocenters. The lowest BCUT2D eigenvalue weighted by molar-refractivity contribution is -0.141. The highest BCUT2D eigenvalue weighted by Gasteiger charge is 2.24. The molecule has 0 aliphatic heterocycles. The molecule has 7 nitrogen and oxygen atoms in total. The Morgan fingerprint density at radius 2 is 1.43 bits per heavy atom. The first-order valence-electron chi connectivity index (χ1n) is 15.2. The van der Waals surface area contributed by atoms with Crippen LogP contribution in [0.4, 0.5) is 0 Å². The Hall–Kier alpha value is -3.30. The molecule has 44 heavy (non-hydrogen) atoms. The molecule has 0 radical (unpaired) electrons. The fourth-order valence-corrected chi connectivity index (χ4v) is 6.10. The molecule has 0 bridgehead atoms. The molecular formula is C35H49N3O4S2. The Morgan fingerprint density at radius 1 is 0.886 bits per heavy atom. The van der Waals surface area contributed by atoms with Crippen molar-refractivity contribution in [1.29, 1.82) is 0 Å². The third kappa shape index (κ3) is 21.4. The number of rotatable bonds is 23. The normalized spacial score (nSPS) is 13.2. The van der Waals surface area contributed by atoms with E-state index in [1.165, 1.54) is 27.8 Å². The maximum Gasteiger partial charge on any atom is 0.327 e. The minimum Gasteiger partial charge on any atom is -0.480 e. The van der Waals surface area contributed by atoms with Gasteiger partial charge in [0.15, 0.2) is 0 Å². The third-order valence-corrected chi connectivity index (χ3v) is 9.18. The van der Waals surface area contributed by atoms with Gasteiger partial charge in [-0.15, -0.1) is 0 Å². The van der Waals surface area contributed by atoms with E-state index in [0.29, 0.717) is 18.5 Å². The standard InChI is InChI=1S/C35H49N3O4S2/c1-4-5-6-7-8-9-10-11-12-13-14-15-16-17-18-19-20-21-22-25-32(39)38-31(34(41)42)28-43-44-35(2,3)29-37-33(40)30-24-23-26-36-27-30/h5-6,8-9,11-12,14-15,17-18,20-21,23-24,26-27,31H,4,7,10,13,16,19,22,25,28-29H2,1-3H3,(H,37,40)(H,38,39)(H,41,42)/b6-5-,9-8-,12-11-,15-14-,18-17-,21-20-. The molecule has 1 aromatic heterocycles. The summed E-state index contributed by atoms with van der Waals surface area (Å²) in [6, 6.07) is 2.42. The number of hydrogen-bond donors (Lipinski definition) is 3. The Kier molecular flexibility index (Phi) is 22.1. The van der Waals surface area contributed by atoms with Gasteiger partial charge in [-0.1, -0.05) is 101 Å². The van der Waals surface area contributed by atoms with E-state index < -0.39 is 12.0 Å². The molecule has 3 N–H and O–H groups in total. The molecule has 1 rings (SSSR count). The average Bonchev–Trinajstić information content (AvgIpc) is 3.00. The van der Waals surface area contributed by atoms with E-state index in [-0.39, 0.29) is 28.7 Å². The number of nitrogens with one attached hydrogen (secondary N) is 2. The summed E-state index contributed by atoms with van der Waals surface area (Å²) >= 11 is 0. The second-order valence-electron chi connectivity index (χ2n) is 10.5. The third-order valence-electron chi connectivity index (χ3n) is 5.89. The van der Waals surface area contributed by atoms with Crippen LogP contribution in [0.5, 0.6) is 0 Å². The van der Waals surface area contributed by atoms with Crippen LogP contribution in [0.3, 0.4) is 0 Å². The van der Waals surface area contributed by atoms with Crippen LogP contribution in [0.15, 0.2) is 97.4 Å². The summed E-state index contributed by atoms with van der Waals surface area (Å²) in [5.41, 5.74) is 0.485. The van der Waals surface area contributed by atoms with Crippen LogP contribution < -0.4 is 10.6 Å². The molecule has 0 spiro atoms. The van der Waals surface area contributed by atoms with Crippen molar-refractivity contribution in [2.45, 2.75) is 82.9 Å². The number of amides is 2. The lowest BCUT2D eigenvalue weighted by Crippen LogP contribution is -2.42. The molecule has 1 aromatic rings. The fraction of sp³-hybridized carbons (Fsp3) is 0.429. The summed E-state index contributed by atoms with van der Waals surface area (Å²) in [6.07, 6.45) is 35.2. The minimum absolute atomic E-state index is 0.209. The van der Waals surface area contributed by atoms with Crippen LogP contribution in [0.25, 0.3) is 0 Å². The van der Waals surface area contributed by atoms with Crippen molar-refractivity contribution >= 4 is 39.4 Å². The Balaban J connectivity index is 2.18. The zero-order chi connectivity index (χ0) is 32.3.